The molecular formula is C13H16N5O12P2-3. The molecule has 178 valence electrons. The van der Waals surface area contributed by atoms with Crippen molar-refractivity contribution < 1.29 is 57.1 Å². The van der Waals surface area contributed by atoms with Crippen LogP contribution in [0.25, 0.3) is 11.2 Å². The number of anilines is 1. The highest BCUT2D eigenvalue weighted by Gasteiger charge is 2.45. The van der Waals surface area contributed by atoms with Crippen LogP contribution in [0.2, 0.25) is 0 Å². The molecule has 0 amide bonds. The van der Waals surface area contributed by atoms with Crippen molar-refractivity contribution in [3.8, 4) is 0 Å². The standard InChI is InChI=1S/C13H19N5O12P2/c1-5(13(21)22)29-32(25,26)30-31(23,24)27-2-6-8(19)9(20)12(28-6)18-4-17-7-10(14)15-3-16-11(7)18/h3-6,8-9,12,19-20H,2H2,1H3,(H,21,22)(H,23,24)(H,25,26)(H2,14,15,16)/p-3/t5?,6-,8-,9-,12-/m1/s1. The Labute approximate surface area is 178 Å². The second kappa shape index (κ2) is 9.07. The van der Waals surface area contributed by atoms with Crippen LogP contribution in [0.3, 0.4) is 0 Å². The molecule has 0 bridgehead atoms. The molecule has 2 aromatic heterocycles. The summed E-state index contributed by atoms with van der Waals surface area (Å²) in [7, 11) is -11.3. The van der Waals surface area contributed by atoms with Gasteiger partial charge in [0.2, 0.25) is 0 Å². The van der Waals surface area contributed by atoms with Crippen molar-refractivity contribution in [1.29, 1.82) is 0 Å². The molecule has 3 heterocycles. The summed E-state index contributed by atoms with van der Waals surface area (Å²) in [4.78, 5) is 45.5. The van der Waals surface area contributed by atoms with Crippen molar-refractivity contribution in [3.05, 3.63) is 12.7 Å². The minimum absolute atomic E-state index is 0.0448. The number of nitrogens with zero attached hydrogens (tertiary/aromatic N) is 4. The number of carbonyl (C=O) groups excluding carboxylic acids is 1. The van der Waals surface area contributed by atoms with Crippen molar-refractivity contribution >= 4 is 38.6 Å². The molecule has 17 nitrogen and oxygen atoms in total. The fraction of sp³-hybridized carbons (Fsp3) is 0.538. The number of nitrogens with two attached hydrogens (primary N) is 1. The van der Waals surface area contributed by atoms with Crippen LogP contribution in [-0.2, 0) is 32.0 Å². The second-order valence-corrected chi connectivity index (χ2v) is 9.38. The fourth-order valence-corrected chi connectivity index (χ4v) is 4.84. The van der Waals surface area contributed by atoms with Crippen molar-refractivity contribution in [3.63, 3.8) is 0 Å². The van der Waals surface area contributed by atoms with Crippen LogP contribution in [0.4, 0.5) is 5.82 Å². The smallest absolute Gasteiger partial charge is 0.274 e. The van der Waals surface area contributed by atoms with Gasteiger partial charge in [-0.1, -0.05) is 0 Å². The van der Waals surface area contributed by atoms with E-state index in [2.05, 4.69) is 28.3 Å². The lowest BCUT2D eigenvalue weighted by Gasteiger charge is -2.32. The number of ether oxygens (including phenoxy) is 1. The molecule has 0 spiro atoms. The number of aromatic nitrogens is 4. The molecular weight excluding hydrogens is 480 g/mol. The predicted octanol–water partition coefficient (Wildman–Crippen LogP) is -3.85. The van der Waals surface area contributed by atoms with E-state index in [1.54, 1.807) is 0 Å². The fourth-order valence-electron chi connectivity index (χ4n) is 2.72. The summed E-state index contributed by atoms with van der Waals surface area (Å²) in [5.74, 6) is -1.89. The van der Waals surface area contributed by atoms with Gasteiger partial charge in [-0.15, -0.1) is 0 Å². The zero-order valence-electron chi connectivity index (χ0n) is 16.0. The number of aliphatic hydroxyl groups excluding tert-OH is 2. The lowest BCUT2D eigenvalue weighted by Crippen LogP contribution is -2.36. The van der Waals surface area contributed by atoms with Gasteiger partial charge in [-0.3, -0.25) is 13.7 Å². The molecule has 1 aliphatic heterocycles. The first-order valence-electron chi connectivity index (χ1n) is 8.63. The third-order valence-electron chi connectivity index (χ3n) is 4.21. The Morgan fingerprint density at radius 1 is 1.28 bits per heavy atom. The van der Waals surface area contributed by atoms with Gasteiger partial charge in [0, 0.05) is 0 Å². The average Bonchev–Trinajstić information content (AvgIpc) is 3.22. The van der Waals surface area contributed by atoms with Crippen LogP contribution in [-0.4, -0.2) is 66.7 Å². The van der Waals surface area contributed by atoms with Gasteiger partial charge < -0.3 is 49.4 Å². The van der Waals surface area contributed by atoms with Gasteiger partial charge in [-0.2, -0.15) is 0 Å². The molecule has 1 saturated heterocycles. The van der Waals surface area contributed by atoms with Crippen molar-refractivity contribution in [2.75, 3.05) is 12.3 Å². The van der Waals surface area contributed by atoms with Crippen molar-refractivity contribution in [1.82, 2.24) is 19.5 Å². The summed E-state index contributed by atoms with van der Waals surface area (Å²) in [6.07, 6.45) is -5.73. The van der Waals surface area contributed by atoms with Gasteiger partial charge in [0.1, 0.15) is 36.3 Å². The number of rotatable bonds is 9. The number of nitrogen functional groups attached to an aromatic ring is 1. The third-order valence-corrected chi connectivity index (χ3v) is 6.85. The summed E-state index contributed by atoms with van der Waals surface area (Å²) < 4.78 is 42.0. The number of imidazole rings is 1. The Morgan fingerprint density at radius 2 is 1.97 bits per heavy atom. The zero-order chi connectivity index (χ0) is 23.8. The average molecular weight is 496 g/mol. The van der Waals surface area contributed by atoms with Crippen LogP contribution < -0.4 is 20.6 Å². The van der Waals surface area contributed by atoms with Crippen LogP contribution in [0.1, 0.15) is 13.2 Å². The summed E-state index contributed by atoms with van der Waals surface area (Å²) in [5.41, 5.74) is 6.02. The number of aliphatic carboxylic acids is 1. The van der Waals surface area contributed by atoms with E-state index in [9.17, 15) is 39.0 Å². The van der Waals surface area contributed by atoms with E-state index in [4.69, 9.17) is 10.5 Å². The van der Waals surface area contributed by atoms with Crippen molar-refractivity contribution in [2.45, 2.75) is 37.6 Å². The maximum absolute atomic E-state index is 11.8. The summed E-state index contributed by atoms with van der Waals surface area (Å²) in [6.45, 7) is -0.211. The highest BCUT2D eigenvalue weighted by molar-refractivity contribution is 7.59. The zero-order valence-corrected chi connectivity index (χ0v) is 17.8. The summed E-state index contributed by atoms with van der Waals surface area (Å²) in [5, 5.41) is 31.0. The second-order valence-electron chi connectivity index (χ2n) is 6.47. The lowest BCUT2D eigenvalue weighted by atomic mass is 10.1. The molecule has 7 atom stereocenters. The molecule has 0 saturated carbocycles. The number of phosphoric ester groups is 2. The van der Waals surface area contributed by atoms with Crippen LogP contribution >= 0.6 is 15.6 Å². The van der Waals surface area contributed by atoms with E-state index in [-0.39, 0.29) is 17.0 Å². The number of carboxylic acid groups (broad SMARTS) is 1. The first-order chi connectivity index (χ1) is 14.8. The molecule has 19 heteroatoms. The molecule has 0 aromatic carbocycles. The first kappa shape index (κ1) is 24.6. The van der Waals surface area contributed by atoms with E-state index < -0.39 is 58.9 Å². The topological polar surface area (TPSA) is 267 Å². The number of hydrogen-bond donors (Lipinski definition) is 3. The van der Waals surface area contributed by atoms with Crippen LogP contribution in [0, 0.1) is 0 Å². The van der Waals surface area contributed by atoms with Gasteiger partial charge in [0.05, 0.1) is 18.9 Å². The maximum Gasteiger partial charge on any atom is 0.274 e. The number of hydrogen-bond acceptors (Lipinski definition) is 16. The molecule has 3 unspecified atom stereocenters. The molecule has 3 rings (SSSR count). The number of aliphatic hydroxyl groups is 2. The quantitative estimate of drug-likeness (QED) is 0.280. The summed E-state index contributed by atoms with van der Waals surface area (Å²) >= 11 is 0. The molecule has 2 aromatic rings. The van der Waals surface area contributed by atoms with E-state index in [0.717, 1.165) is 13.3 Å². The molecule has 32 heavy (non-hydrogen) atoms. The Morgan fingerprint density at radius 3 is 2.62 bits per heavy atom. The van der Waals surface area contributed by atoms with E-state index >= 15 is 0 Å². The summed E-state index contributed by atoms with van der Waals surface area (Å²) in [6, 6.07) is 0. The van der Waals surface area contributed by atoms with Gasteiger partial charge in [0.15, 0.2) is 17.7 Å². The van der Waals surface area contributed by atoms with E-state index in [1.165, 1.54) is 10.9 Å². The minimum atomic E-state index is -5.66. The molecule has 0 radical (unpaired) electrons. The molecule has 0 aliphatic carbocycles. The number of carbonyl (C=O) groups is 1. The Bertz CT molecular complexity index is 1100. The predicted molar refractivity (Wildman–Crippen MR) is 93.5 cm³/mol. The van der Waals surface area contributed by atoms with Gasteiger partial charge in [-0.05, 0) is 6.92 Å². The van der Waals surface area contributed by atoms with Gasteiger partial charge in [-0.25, -0.2) is 19.3 Å². The normalized spacial score (nSPS) is 28.3. The molecule has 1 aliphatic rings. The lowest BCUT2D eigenvalue weighted by molar-refractivity contribution is -0.316. The number of phosphoric acid groups is 2. The van der Waals surface area contributed by atoms with Crippen LogP contribution in [0.15, 0.2) is 12.7 Å². The van der Waals surface area contributed by atoms with E-state index in [1.807, 2.05) is 0 Å². The first-order valence-corrected chi connectivity index (χ1v) is 11.6. The maximum atomic E-state index is 11.8. The minimum Gasteiger partial charge on any atom is -0.756 e. The Balaban J connectivity index is 1.66. The van der Waals surface area contributed by atoms with Gasteiger partial charge in [0.25, 0.3) is 15.6 Å². The Kier molecular flexibility index (Phi) is 6.97. The monoisotopic (exact) mass is 496 g/mol. The largest absolute Gasteiger partial charge is 0.756 e. The highest BCUT2D eigenvalue weighted by Crippen LogP contribution is 2.56. The highest BCUT2D eigenvalue weighted by atomic mass is 31.3. The number of fused-ring (bicyclic) bond motifs is 1. The third kappa shape index (κ3) is 5.29. The van der Waals surface area contributed by atoms with Gasteiger partial charge >= 0.3 is 0 Å². The molecule has 4 N–H and O–H groups in total. The Hall–Kier alpha value is -2.04. The van der Waals surface area contributed by atoms with E-state index in [0.29, 0.717) is 0 Å². The van der Waals surface area contributed by atoms with Crippen molar-refractivity contribution in [2.24, 2.45) is 0 Å². The molecule has 1 fully saturated rings. The SMILES string of the molecule is CC(OP(=O)([O-])OP(=O)([O-])OC[C@H]1O[C@@H](n2cnc3c(N)ncnc32)[C@H](O)[C@@H]1O)C(=O)[O-]. The number of carboxylic acids is 1. The van der Waals surface area contributed by atoms with Crippen LogP contribution in [0.5, 0.6) is 0 Å².